The van der Waals surface area contributed by atoms with E-state index in [-0.39, 0.29) is 0 Å². The van der Waals surface area contributed by atoms with Crippen LogP contribution < -0.4 is 4.57 Å². The molecule has 108 valence electrons. The van der Waals surface area contributed by atoms with Gasteiger partial charge in [-0.05, 0) is 11.6 Å². The molecule has 1 heterocycles. The normalized spacial score (nSPS) is 10.6. The Morgan fingerprint density at radius 1 is 1.40 bits per heavy atom. The highest BCUT2D eigenvalue weighted by Crippen LogP contribution is 2.01. The summed E-state index contributed by atoms with van der Waals surface area (Å²) in [6, 6.07) is 10.4. The quantitative estimate of drug-likeness (QED) is 0.507. The molecule has 0 saturated heterocycles. The molecule has 0 saturated carbocycles. The molecule has 6 nitrogen and oxygen atoms in total. The maximum absolute atomic E-state index is 8.63. The van der Waals surface area contributed by atoms with E-state index in [1.165, 1.54) is 5.56 Å². The van der Waals surface area contributed by atoms with E-state index in [1.807, 2.05) is 18.3 Å². The number of hydrogen-bond acceptors (Lipinski definition) is 3. The first-order chi connectivity index (χ1) is 9.31. The van der Waals surface area contributed by atoms with Crippen LogP contribution in [0.2, 0.25) is 0 Å². The van der Waals surface area contributed by atoms with Crippen molar-refractivity contribution < 1.29 is 22.1 Å². The Bertz CT molecular complexity index is 655. The molecule has 1 aromatic carbocycles. The Morgan fingerprint density at radius 2 is 1.95 bits per heavy atom. The fraction of sp³-hybridized carbons (Fsp3) is 0.154. The second-order valence-electron chi connectivity index (χ2n) is 4.00. The van der Waals surface area contributed by atoms with Crippen molar-refractivity contribution in [2.24, 2.45) is 0 Å². The molecule has 0 bridgehead atoms. The van der Waals surface area contributed by atoms with Gasteiger partial charge in [0.25, 0.3) is 5.82 Å². The second-order valence-corrected chi connectivity index (χ2v) is 4.86. The lowest BCUT2D eigenvalue weighted by atomic mass is 10.2. The molecule has 0 aliphatic heterocycles. The Balaban J connectivity index is 0.000000347. The summed E-state index contributed by atoms with van der Waals surface area (Å²) in [5, 5.41) is 0. The molecule has 0 amide bonds. The molecule has 1 aromatic heterocycles. The van der Waals surface area contributed by atoms with Crippen molar-refractivity contribution in [1.82, 2.24) is 4.98 Å². The molecule has 0 aliphatic carbocycles. The smallest absolute Gasteiger partial charge is 0.251 e. The number of H-pyrrole nitrogens is 1. The van der Waals surface area contributed by atoms with Gasteiger partial charge in [0.2, 0.25) is 10.4 Å². The van der Waals surface area contributed by atoms with Crippen LogP contribution in [-0.4, -0.2) is 22.5 Å². The SMILES string of the molecule is C=Cc1c[nH]c(C)[n+]1Cc1ccccc1.O=S(=O)([O-])O. The number of rotatable bonds is 3. The van der Waals surface area contributed by atoms with Gasteiger partial charge >= 0.3 is 0 Å². The van der Waals surface area contributed by atoms with Crippen LogP contribution >= 0.6 is 0 Å². The van der Waals surface area contributed by atoms with Gasteiger partial charge in [0.15, 0.2) is 5.69 Å². The topological polar surface area (TPSA) is 97.1 Å². The summed E-state index contributed by atoms with van der Waals surface area (Å²) in [6.45, 7) is 6.76. The predicted molar refractivity (Wildman–Crippen MR) is 73.7 cm³/mol. The fourth-order valence-corrected chi connectivity index (χ4v) is 1.67. The molecule has 0 atom stereocenters. The van der Waals surface area contributed by atoms with Crippen LogP contribution in [0, 0.1) is 6.92 Å². The minimum Gasteiger partial charge on any atom is -0.726 e. The van der Waals surface area contributed by atoms with E-state index >= 15 is 0 Å². The van der Waals surface area contributed by atoms with E-state index < -0.39 is 10.4 Å². The average Bonchev–Trinajstić information content (AvgIpc) is 2.70. The second kappa shape index (κ2) is 6.99. The van der Waals surface area contributed by atoms with E-state index in [0.29, 0.717) is 0 Å². The molecule has 2 aromatic rings. The minimum absolute atomic E-state index is 0.886. The summed E-state index contributed by atoms with van der Waals surface area (Å²) in [6.07, 6.45) is 3.84. The number of hydrogen-bond donors (Lipinski definition) is 2. The zero-order chi connectivity index (χ0) is 15.2. The molecular weight excluding hydrogens is 280 g/mol. The predicted octanol–water partition coefficient (Wildman–Crippen LogP) is 1.31. The van der Waals surface area contributed by atoms with Gasteiger partial charge < -0.3 is 4.55 Å². The number of benzene rings is 1. The first-order valence-corrected chi connectivity index (χ1v) is 7.10. The van der Waals surface area contributed by atoms with Crippen LogP contribution in [0.4, 0.5) is 0 Å². The van der Waals surface area contributed by atoms with Gasteiger partial charge in [-0.1, -0.05) is 36.9 Å². The highest BCUT2D eigenvalue weighted by Gasteiger charge is 2.11. The highest BCUT2D eigenvalue weighted by molar-refractivity contribution is 7.79. The molecule has 0 unspecified atom stereocenters. The molecule has 2 rings (SSSR count). The lowest BCUT2D eigenvalue weighted by Crippen LogP contribution is -2.38. The molecule has 0 fully saturated rings. The summed E-state index contributed by atoms with van der Waals surface area (Å²) in [5.74, 6) is 1.15. The Kier molecular flexibility index (Phi) is 5.63. The first kappa shape index (κ1) is 16.1. The zero-order valence-electron chi connectivity index (χ0n) is 11.0. The molecular formula is C13H16N2O4S. The first-order valence-electron chi connectivity index (χ1n) is 5.73. The third-order valence-corrected chi connectivity index (χ3v) is 2.54. The summed E-state index contributed by atoms with van der Waals surface area (Å²) in [5.41, 5.74) is 2.42. The van der Waals surface area contributed by atoms with Crippen molar-refractivity contribution in [1.29, 1.82) is 0 Å². The number of aryl methyl sites for hydroxylation is 1. The monoisotopic (exact) mass is 296 g/mol. The molecule has 20 heavy (non-hydrogen) atoms. The van der Waals surface area contributed by atoms with E-state index in [9.17, 15) is 0 Å². The van der Waals surface area contributed by atoms with Crippen LogP contribution in [0.3, 0.4) is 0 Å². The maximum Gasteiger partial charge on any atom is 0.251 e. The molecule has 0 radical (unpaired) electrons. The maximum atomic E-state index is 8.63. The van der Waals surface area contributed by atoms with Gasteiger partial charge in [0.05, 0.1) is 0 Å². The van der Waals surface area contributed by atoms with Gasteiger partial charge in [0.1, 0.15) is 12.7 Å². The van der Waals surface area contributed by atoms with E-state index in [2.05, 4.69) is 47.3 Å². The number of nitrogens with zero attached hydrogens (tertiary/aromatic N) is 1. The summed E-state index contributed by atoms with van der Waals surface area (Å²) >= 11 is 0. The Hall–Kier alpha value is -1.96. The van der Waals surface area contributed by atoms with Crippen molar-refractivity contribution in [2.45, 2.75) is 13.5 Å². The number of aromatic nitrogens is 2. The van der Waals surface area contributed by atoms with Crippen molar-refractivity contribution in [3.63, 3.8) is 0 Å². The third kappa shape index (κ3) is 5.79. The van der Waals surface area contributed by atoms with E-state index in [4.69, 9.17) is 17.5 Å². The lowest BCUT2D eigenvalue weighted by Gasteiger charge is -2.00. The molecule has 0 spiro atoms. The lowest BCUT2D eigenvalue weighted by molar-refractivity contribution is -0.694. The van der Waals surface area contributed by atoms with Crippen LogP contribution in [-0.2, 0) is 16.9 Å². The van der Waals surface area contributed by atoms with E-state index in [0.717, 1.165) is 18.1 Å². The average molecular weight is 296 g/mol. The number of nitrogens with one attached hydrogen (secondary N) is 1. The van der Waals surface area contributed by atoms with Gasteiger partial charge in [-0.2, -0.15) is 0 Å². The highest BCUT2D eigenvalue weighted by atomic mass is 32.3. The molecule has 0 aliphatic rings. The van der Waals surface area contributed by atoms with Crippen LogP contribution in [0.25, 0.3) is 6.08 Å². The largest absolute Gasteiger partial charge is 0.726 e. The number of aromatic amines is 1. The standard InChI is InChI=1S/C13H14N2.H2O4S/c1-3-13-9-14-11(2)15(13)10-12-7-5-4-6-8-12;1-5(2,3)4/h3-9H,1,10H2,2H3;(H2,1,2,3,4). The van der Waals surface area contributed by atoms with Gasteiger partial charge in [-0.25, -0.2) is 18.0 Å². The summed E-state index contributed by atoms with van der Waals surface area (Å²) < 4.78 is 35.0. The van der Waals surface area contributed by atoms with Crippen molar-refractivity contribution in [3.8, 4) is 0 Å². The third-order valence-electron chi connectivity index (χ3n) is 2.54. The minimum atomic E-state index is -4.92. The summed E-state index contributed by atoms with van der Waals surface area (Å²) in [4.78, 5) is 3.20. The van der Waals surface area contributed by atoms with Gasteiger partial charge in [-0.15, -0.1) is 0 Å². The van der Waals surface area contributed by atoms with Crippen LogP contribution in [0.1, 0.15) is 17.1 Å². The van der Waals surface area contributed by atoms with Crippen molar-refractivity contribution in [3.05, 3.63) is 60.2 Å². The van der Waals surface area contributed by atoms with Gasteiger partial charge in [-0.3, -0.25) is 4.55 Å². The molecule has 7 heteroatoms. The summed E-state index contributed by atoms with van der Waals surface area (Å²) in [7, 11) is -4.92. The van der Waals surface area contributed by atoms with Crippen LogP contribution in [0.15, 0.2) is 43.1 Å². The van der Waals surface area contributed by atoms with Gasteiger partial charge in [0, 0.05) is 6.92 Å². The zero-order valence-corrected chi connectivity index (χ0v) is 11.8. The fourth-order valence-electron chi connectivity index (χ4n) is 1.67. The molecule has 2 N–H and O–H groups in total. The van der Waals surface area contributed by atoms with Crippen molar-refractivity contribution >= 4 is 16.5 Å². The van der Waals surface area contributed by atoms with Crippen LogP contribution in [0.5, 0.6) is 0 Å². The Labute approximate surface area is 118 Å². The number of imidazole rings is 1. The van der Waals surface area contributed by atoms with Crippen molar-refractivity contribution in [2.75, 3.05) is 0 Å². The van der Waals surface area contributed by atoms with E-state index in [1.54, 1.807) is 0 Å². The Morgan fingerprint density at radius 3 is 2.45 bits per heavy atom.